The summed E-state index contributed by atoms with van der Waals surface area (Å²) >= 11 is 0. The van der Waals surface area contributed by atoms with E-state index in [2.05, 4.69) is 11.8 Å². The van der Waals surface area contributed by atoms with Crippen molar-refractivity contribution in [1.82, 2.24) is 4.90 Å². The van der Waals surface area contributed by atoms with Crippen LogP contribution in [-0.2, 0) is 4.74 Å². The summed E-state index contributed by atoms with van der Waals surface area (Å²) in [6, 6.07) is 0. The predicted octanol–water partition coefficient (Wildman–Crippen LogP) is 2.40. The topological polar surface area (TPSA) is 38.5 Å². The van der Waals surface area contributed by atoms with Gasteiger partial charge in [0.15, 0.2) is 0 Å². The summed E-state index contributed by atoms with van der Waals surface area (Å²) in [6.07, 6.45) is 9.18. The van der Waals surface area contributed by atoms with Crippen LogP contribution in [0.3, 0.4) is 0 Å². The fraction of sp³-hybridized carbons (Fsp3) is 1.00. The van der Waals surface area contributed by atoms with Crippen LogP contribution in [0, 0.1) is 0 Å². The number of hydrogen-bond donors (Lipinski definition) is 1. The first-order valence-electron chi connectivity index (χ1n) is 7.23. The van der Waals surface area contributed by atoms with E-state index in [1.54, 1.807) is 7.11 Å². The second kappa shape index (κ2) is 8.06. The molecule has 0 aromatic heterocycles. The third-order valence-corrected chi connectivity index (χ3v) is 4.14. The third kappa shape index (κ3) is 4.23. The van der Waals surface area contributed by atoms with E-state index >= 15 is 0 Å². The maximum atomic E-state index is 6.13. The van der Waals surface area contributed by atoms with E-state index in [0.717, 1.165) is 26.2 Å². The minimum atomic E-state index is 0.255. The average molecular weight is 242 g/mol. The minimum absolute atomic E-state index is 0.255. The molecule has 0 aliphatic heterocycles. The molecular weight excluding hydrogens is 212 g/mol. The van der Waals surface area contributed by atoms with Crippen LogP contribution in [0.4, 0.5) is 0 Å². The summed E-state index contributed by atoms with van der Waals surface area (Å²) in [7, 11) is 1.78. The lowest BCUT2D eigenvalue weighted by Crippen LogP contribution is -2.54. The van der Waals surface area contributed by atoms with Crippen molar-refractivity contribution < 1.29 is 4.74 Å². The van der Waals surface area contributed by atoms with E-state index in [1.165, 1.54) is 44.9 Å². The Hall–Kier alpha value is -0.120. The van der Waals surface area contributed by atoms with E-state index in [4.69, 9.17) is 10.5 Å². The molecule has 3 heteroatoms. The molecule has 1 saturated carbocycles. The van der Waals surface area contributed by atoms with Gasteiger partial charge in [0.25, 0.3) is 0 Å². The Morgan fingerprint density at radius 3 is 2.24 bits per heavy atom. The maximum Gasteiger partial charge on any atom is 0.0589 e. The van der Waals surface area contributed by atoms with Crippen molar-refractivity contribution in [1.29, 1.82) is 0 Å². The Morgan fingerprint density at radius 1 is 1.12 bits per heavy atom. The lowest BCUT2D eigenvalue weighted by molar-refractivity contribution is 0.0485. The van der Waals surface area contributed by atoms with Crippen LogP contribution in [0.15, 0.2) is 0 Å². The summed E-state index contributed by atoms with van der Waals surface area (Å²) < 4.78 is 5.25. The Kier molecular flexibility index (Phi) is 7.09. The van der Waals surface area contributed by atoms with Crippen molar-refractivity contribution in [2.75, 3.05) is 33.4 Å². The van der Waals surface area contributed by atoms with Crippen molar-refractivity contribution in [3.63, 3.8) is 0 Å². The number of nitrogens with two attached hydrogens (primary N) is 1. The molecule has 1 fully saturated rings. The second-order valence-electron chi connectivity index (χ2n) is 5.32. The average Bonchev–Trinajstić information content (AvgIpc) is 2.60. The second-order valence-corrected chi connectivity index (χ2v) is 5.32. The molecule has 2 N–H and O–H groups in total. The predicted molar refractivity (Wildman–Crippen MR) is 73.2 cm³/mol. The molecule has 1 aliphatic carbocycles. The van der Waals surface area contributed by atoms with E-state index in [-0.39, 0.29) is 5.54 Å². The molecule has 0 spiro atoms. The maximum absolute atomic E-state index is 6.13. The lowest BCUT2D eigenvalue weighted by atomic mass is 9.88. The molecule has 0 amide bonds. The minimum Gasteiger partial charge on any atom is -0.383 e. The van der Waals surface area contributed by atoms with E-state index < -0.39 is 0 Å². The number of methoxy groups -OCH3 is 1. The number of ether oxygens (including phenoxy) is 1. The van der Waals surface area contributed by atoms with Gasteiger partial charge in [-0.3, -0.25) is 4.90 Å². The lowest BCUT2D eigenvalue weighted by Gasteiger charge is -2.43. The molecular formula is C14H30N2O. The van der Waals surface area contributed by atoms with E-state index in [1.807, 2.05) is 0 Å². The van der Waals surface area contributed by atoms with Crippen LogP contribution in [-0.4, -0.2) is 43.8 Å². The quantitative estimate of drug-likeness (QED) is 0.697. The summed E-state index contributed by atoms with van der Waals surface area (Å²) in [5.41, 5.74) is 6.38. The number of rotatable bonds is 7. The highest BCUT2D eigenvalue weighted by Crippen LogP contribution is 2.31. The molecule has 3 nitrogen and oxygen atoms in total. The van der Waals surface area contributed by atoms with Crippen molar-refractivity contribution in [2.45, 2.75) is 57.4 Å². The van der Waals surface area contributed by atoms with Gasteiger partial charge >= 0.3 is 0 Å². The standard InChI is InChI=1S/C14H30N2O/c1-3-10-16(11-12-17-2)14(13-15)8-6-4-5-7-9-14/h3-13,15H2,1-2H3. The zero-order valence-electron chi connectivity index (χ0n) is 11.7. The van der Waals surface area contributed by atoms with Gasteiger partial charge in [0.2, 0.25) is 0 Å². The van der Waals surface area contributed by atoms with Crippen LogP contribution in [0.5, 0.6) is 0 Å². The van der Waals surface area contributed by atoms with Gasteiger partial charge in [0.1, 0.15) is 0 Å². The molecule has 17 heavy (non-hydrogen) atoms. The van der Waals surface area contributed by atoms with Crippen molar-refractivity contribution >= 4 is 0 Å². The summed E-state index contributed by atoms with van der Waals surface area (Å²) in [4.78, 5) is 2.60. The normalized spacial score (nSPS) is 20.5. The van der Waals surface area contributed by atoms with Gasteiger partial charge in [-0.2, -0.15) is 0 Å². The fourth-order valence-corrected chi connectivity index (χ4v) is 3.09. The van der Waals surface area contributed by atoms with Gasteiger partial charge in [0, 0.05) is 25.7 Å². The zero-order valence-corrected chi connectivity index (χ0v) is 11.7. The molecule has 0 aromatic carbocycles. The van der Waals surface area contributed by atoms with Crippen LogP contribution in [0.1, 0.15) is 51.9 Å². The monoisotopic (exact) mass is 242 g/mol. The Balaban J connectivity index is 2.68. The third-order valence-electron chi connectivity index (χ3n) is 4.14. The van der Waals surface area contributed by atoms with Gasteiger partial charge in [-0.05, 0) is 25.8 Å². The van der Waals surface area contributed by atoms with Crippen LogP contribution >= 0.6 is 0 Å². The van der Waals surface area contributed by atoms with Gasteiger partial charge in [-0.1, -0.05) is 32.6 Å². The van der Waals surface area contributed by atoms with Crippen molar-refractivity contribution in [3.05, 3.63) is 0 Å². The van der Waals surface area contributed by atoms with Gasteiger partial charge in [-0.25, -0.2) is 0 Å². The summed E-state index contributed by atoms with van der Waals surface area (Å²) in [5, 5.41) is 0. The van der Waals surface area contributed by atoms with Crippen LogP contribution in [0.25, 0.3) is 0 Å². The van der Waals surface area contributed by atoms with E-state index in [9.17, 15) is 0 Å². The van der Waals surface area contributed by atoms with Crippen LogP contribution < -0.4 is 5.73 Å². The fourth-order valence-electron chi connectivity index (χ4n) is 3.09. The smallest absolute Gasteiger partial charge is 0.0589 e. The highest BCUT2D eigenvalue weighted by Gasteiger charge is 2.34. The largest absolute Gasteiger partial charge is 0.383 e. The van der Waals surface area contributed by atoms with Gasteiger partial charge in [0.05, 0.1) is 6.61 Å². The van der Waals surface area contributed by atoms with Crippen molar-refractivity contribution in [2.24, 2.45) is 5.73 Å². The first-order valence-corrected chi connectivity index (χ1v) is 7.23. The number of nitrogens with zero attached hydrogens (tertiary/aromatic N) is 1. The molecule has 0 heterocycles. The molecule has 102 valence electrons. The molecule has 0 unspecified atom stereocenters. The molecule has 0 bridgehead atoms. The first-order chi connectivity index (χ1) is 8.29. The van der Waals surface area contributed by atoms with Crippen molar-refractivity contribution in [3.8, 4) is 0 Å². The summed E-state index contributed by atoms with van der Waals surface area (Å²) in [6.45, 7) is 6.06. The molecule has 0 atom stereocenters. The molecule has 1 rings (SSSR count). The highest BCUT2D eigenvalue weighted by atomic mass is 16.5. The SMILES string of the molecule is CCCN(CCOC)C1(CN)CCCCCC1. The molecule has 1 aliphatic rings. The number of hydrogen-bond acceptors (Lipinski definition) is 3. The zero-order chi connectivity index (χ0) is 12.6. The Morgan fingerprint density at radius 2 is 1.76 bits per heavy atom. The molecule has 0 radical (unpaired) electrons. The molecule has 0 saturated heterocycles. The Bertz CT molecular complexity index is 189. The highest BCUT2D eigenvalue weighted by molar-refractivity contribution is 4.93. The van der Waals surface area contributed by atoms with E-state index in [0.29, 0.717) is 0 Å². The first kappa shape index (κ1) is 14.9. The van der Waals surface area contributed by atoms with Gasteiger partial charge < -0.3 is 10.5 Å². The Labute approximate surface area is 107 Å². The summed E-state index contributed by atoms with van der Waals surface area (Å²) in [5.74, 6) is 0. The van der Waals surface area contributed by atoms with Gasteiger partial charge in [-0.15, -0.1) is 0 Å². The molecule has 0 aromatic rings. The van der Waals surface area contributed by atoms with Crippen LogP contribution in [0.2, 0.25) is 0 Å².